The Balaban J connectivity index is 2.09. The minimum atomic E-state index is -1.13. The Labute approximate surface area is 115 Å². The Hall–Kier alpha value is -2.47. The molecule has 0 bridgehead atoms. The maximum absolute atomic E-state index is 11.9. The number of nitrogens with zero attached hydrogens (tertiary/aromatic N) is 1. The zero-order valence-corrected chi connectivity index (χ0v) is 10.9. The maximum atomic E-state index is 11.9. The van der Waals surface area contributed by atoms with E-state index in [2.05, 4.69) is 10.3 Å². The Bertz CT molecular complexity index is 642. The van der Waals surface area contributed by atoms with Gasteiger partial charge in [0, 0.05) is 12.5 Å². The van der Waals surface area contributed by atoms with E-state index in [9.17, 15) is 9.59 Å². The van der Waals surface area contributed by atoms with E-state index >= 15 is 0 Å². The summed E-state index contributed by atoms with van der Waals surface area (Å²) in [6.07, 6.45) is -1.07. The number of methoxy groups -OCH3 is 1. The smallest absolute Gasteiger partial charge is 0.334 e. The van der Waals surface area contributed by atoms with Crippen LogP contribution in [0.5, 0.6) is 0 Å². The highest BCUT2D eigenvalue weighted by Gasteiger charge is 2.18. The average Bonchev–Trinajstić information content (AvgIpc) is 2.46. The molecule has 2 aromatic rings. The van der Waals surface area contributed by atoms with Crippen molar-refractivity contribution < 1.29 is 19.4 Å². The second-order valence-electron chi connectivity index (χ2n) is 4.16. The molecular weight excluding hydrogens is 260 g/mol. The molecule has 1 amide bonds. The van der Waals surface area contributed by atoms with Crippen molar-refractivity contribution in [2.75, 3.05) is 13.7 Å². The van der Waals surface area contributed by atoms with Crippen LogP contribution >= 0.6 is 0 Å². The molecular formula is C14H14N2O4. The quantitative estimate of drug-likeness (QED) is 0.851. The van der Waals surface area contributed by atoms with Crippen LogP contribution in [-0.2, 0) is 9.53 Å². The van der Waals surface area contributed by atoms with E-state index in [1.807, 2.05) is 18.2 Å². The van der Waals surface area contributed by atoms with Gasteiger partial charge < -0.3 is 15.2 Å². The number of fused-ring (bicyclic) bond motifs is 1. The first-order valence-corrected chi connectivity index (χ1v) is 6.01. The van der Waals surface area contributed by atoms with E-state index in [0.29, 0.717) is 5.52 Å². The summed E-state index contributed by atoms with van der Waals surface area (Å²) in [5.74, 6) is -1.56. The number of carboxylic acid groups (broad SMARTS) is 1. The number of amides is 1. The summed E-state index contributed by atoms with van der Waals surface area (Å²) in [4.78, 5) is 26.9. The molecule has 104 valence electrons. The van der Waals surface area contributed by atoms with Gasteiger partial charge in [0.2, 0.25) is 0 Å². The summed E-state index contributed by atoms with van der Waals surface area (Å²) < 4.78 is 4.73. The fourth-order valence-electron chi connectivity index (χ4n) is 1.74. The molecule has 0 saturated carbocycles. The number of hydrogen-bond acceptors (Lipinski definition) is 4. The second-order valence-corrected chi connectivity index (χ2v) is 4.16. The fraction of sp³-hybridized carbons (Fsp3) is 0.214. The Morgan fingerprint density at radius 2 is 2.05 bits per heavy atom. The number of para-hydroxylation sites is 1. The third kappa shape index (κ3) is 3.10. The minimum Gasteiger partial charge on any atom is -0.479 e. The van der Waals surface area contributed by atoms with Crippen molar-refractivity contribution in [2.24, 2.45) is 0 Å². The molecule has 0 aliphatic rings. The van der Waals surface area contributed by atoms with Gasteiger partial charge in [-0.15, -0.1) is 0 Å². The molecule has 0 spiro atoms. The SMILES string of the molecule is COC(CNC(=O)c1ccc2ccccc2n1)C(=O)O. The highest BCUT2D eigenvalue weighted by molar-refractivity contribution is 5.95. The van der Waals surface area contributed by atoms with Crippen LogP contribution < -0.4 is 5.32 Å². The normalized spacial score (nSPS) is 12.1. The van der Waals surface area contributed by atoms with Gasteiger partial charge in [-0.2, -0.15) is 0 Å². The van der Waals surface area contributed by atoms with Gasteiger partial charge in [-0.25, -0.2) is 9.78 Å². The molecule has 1 unspecified atom stereocenters. The van der Waals surface area contributed by atoms with Gasteiger partial charge in [0.05, 0.1) is 12.1 Å². The van der Waals surface area contributed by atoms with Crippen molar-refractivity contribution in [3.63, 3.8) is 0 Å². The van der Waals surface area contributed by atoms with Gasteiger partial charge in [0.15, 0.2) is 6.10 Å². The number of aromatic nitrogens is 1. The predicted octanol–water partition coefficient (Wildman–Crippen LogP) is 1.06. The van der Waals surface area contributed by atoms with Crippen LogP contribution in [-0.4, -0.2) is 41.7 Å². The van der Waals surface area contributed by atoms with E-state index in [1.165, 1.54) is 7.11 Å². The number of carboxylic acids is 1. The van der Waals surface area contributed by atoms with E-state index in [-0.39, 0.29) is 12.2 Å². The van der Waals surface area contributed by atoms with Crippen molar-refractivity contribution in [1.29, 1.82) is 0 Å². The zero-order chi connectivity index (χ0) is 14.5. The first kappa shape index (κ1) is 14.0. The van der Waals surface area contributed by atoms with Crippen LogP contribution in [0.4, 0.5) is 0 Å². The van der Waals surface area contributed by atoms with Gasteiger partial charge in [-0.1, -0.05) is 24.3 Å². The Morgan fingerprint density at radius 1 is 1.30 bits per heavy atom. The fourth-order valence-corrected chi connectivity index (χ4v) is 1.74. The van der Waals surface area contributed by atoms with E-state index in [1.54, 1.807) is 18.2 Å². The Morgan fingerprint density at radius 3 is 2.75 bits per heavy atom. The summed E-state index contributed by atoms with van der Waals surface area (Å²) in [6.45, 7) is -0.112. The van der Waals surface area contributed by atoms with Crippen LogP contribution in [0.2, 0.25) is 0 Å². The summed E-state index contributed by atoms with van der Waals surface area (Å²) >= 11 is 0. The molecule has 1 aromatic carbocycles. The number of rotatable bonds is 5. The molecule has 2 rings (SSSR count). The molecule has 6 heteroatoms. The molecule has 2 N–H and O–H groups in total. The molecule has 0 saturated heterocycles. The third-order valence-corrected chi connectivity index (χ3v) is 2.84. The molecule has 1 heterocycles. The van der Waals surface area contributed by atoms with Crippen molar-refractivity contribution in [3.8, 4) is 0 Å². The monoisotopic (exact) mass is 274 g/mol. The first-order chi connectivity index (χ1) is 9.61. The van der Waals surface area contributed by atoms with Crippen molar-refractivity contribution >= 4 is 22.8 Å². The predicted molar refractivity (Wildman–Crippen MR) is 72.5 cm³/mol. The largest absolute Gasteiger partial charge is 0.479 e. The molecule has 0 aliphatic heterocycles. The lowest BCUT2D eigenvalue weighted by Gasteiger charge is -2.11. The third-order valence-electron chi connectivity index (χ3n) is 2.84. The molecule has 0 radical (unpaired) electrons. The summed E-state index contributed by atoms with van der Waals surface area (Å²) in [7, 11) is 1.28. The molecule has 6 nitrogen and oxygen atoms in total. The van der Waals surface area contributed by atoms with Crippen LogP contribution in [0.25, 0.3) is 10.9 Å². The van der Waals surface area contributed by atoms with Gasteiger partial charge in [-0.05, 0) is 12.1 Å². The highest BCUT2D eigenvalue weighted by atomic mass is 16.5. The minimum absolute atomic E-state index is 0.112. The number of hydrogen-bond donors (Lipinski definition) is 2. The number of nitrogens with one attached hydrogen (secondary N) is 1. The lowest BCUT2D eigenvalue weighted by Crippen LogP contribution is -2.38. The van der Waals surface area contributed by atoms with E-state index in [4.69, 9.17) is 9.84 Å². The van der Waals surface area contributed by atoms with Crippen LogP contribution in [0.3, 0.4) is 0 Å². The summed E-state index contributed by atoms with van der Waals surface area (Å²) in [5.41, 5.74) is 0.950. The lowest BCUT2D eigenvalue weighted by molar-refractivity contribution is -0.148. The number of carbonyl (C=O) groups excluding carboxylic acids is 1. The van der Waals surface area contributed by atoms with Gasteiger partial charge in [0.1, 0.15) is 5.69 Å². The second kappa shape index (κ2) is 6.12. The van der Waals surface area contributed by atoms with Crippen molar-refractivity contribution in [2.45, 2.75) is 6.10 Å². The first-order valence-electron chi connectivity index (χ1n) is 6.01. The van der Waals surface area contributed by atoms with Crippen LogP contribution in [0, 0.1) is 0 Å². The molecule has 1 atom stereocenters. The van der Waals surface area contributed by atoms with Crippen LogP contribution in [0.1, 0.15) is 10.5 Å². The standard InChI is InChI=1S/C14H14N2O4/c1-20-12(14(18)19)8-15-13(17)11-7-6-9-4-2-3-5-10(9)16-11/h2-7,12H,8H2,1H3,(H,15,17)(H,18,19). The van der Waals surface area contributed by atoms with Crippen molar-refractivity contribution in [1.82, 2.24) is 10.3 Å². The molecule has 1 aromatic heterocycles. The van der Waals surface area contributed by atoms with Crippen LogP contribution in [0.15, 0.2) is 36.4 Å². The molecule has 0 fully saturated rings. The number of ether oxygens (including phenoxy) is 1. The number of pyridine rings is 1. The zero-order valence-electron chi connectivity index (χ0n) is 10.9. The van der Waals surface area contributed by atoms with Gasteiger partial charge >= 0.3 is 5.97 Å². The van der Waals surface area contributed by atoms with Crippen molar-refractivity contribution in [3.05, 3.63) is 42.1 Å². The maximum Gasteiger partial charge on any atom is 0.334 e. The highest BCUT2D eigenvalue weighted by Crippen LogP contribution is 2.11. The average molecular weight is 274 g/mol. The van der Waals surface area contributed by atoms with Gasteiger partial charge in [0.25, 0.3) is 5.91 Å². The Kier molecular flexibility index (Phi) is 4.27. The van der Waals surface area contributed by atoms with E-state index < -0.39 is 18.0 Å². The lowest BCUT2D eigenvalue weighted by atomic mass is 10.2. The number of benzene rings is 1. The molecule has 0 aliphatic carbocycles. The van der Waals surface area contributed by atoms with Gasteiger partial charge in [-0.3, -0.25) is 4.79 Å². The molecule has 20 heavy (non-hydrogen) atoms. The summed E-state index contributed by atoms with van der Waals surface area (Å²) in [5, 5.41) is 12.2. The van der Waals surface area contributed by atoms with E-state index in [0.717, 1.165) is 5.39 Å². The number of aliphatic carboxylic acids is 1. The topological polar surface area (TPSA) is 88.5 Å². The number of carbonyl (C=O) groups is 2. The summed E-state index contributed by atoms with van der Waals surface area (Å²) in [6, 6.07) is 10.8.